The van der Waals surface area contributed by atoms with E-state index in [1.54, 1.807) is 0 Å². The fourth-order valence-electron chi connectivity index (χ4n) is 1.85. The van der Waals surface area contributed by atoms with Gasteiger partial charge in [0.1, 0.15) is 6.61 Å². The molecule has 0 aromatic heterocycles. The normalized spacial score (nSPS) is 18.6. The van der Waals surface area contributed by atoms with Crippen molar-refractivity contribution in [2.75, 3.05) is 26.3 Å². The van der Waals surface area contributed by atoms with Gasteiger partial charge in [0.25, 0.3) is 0 Å². The molecule has 1 aliphatic carbocycles. The molecule has 1 aliphatic rings. The van der Waals surface area contributed by atoms with E-state index in [1.165, 1.54) is 17.0 Å². The molecule has 0 bridgehead atoms. The van der Waals surface area contributed by atoms with Crippen LogP contribution in [0.25, 0.3) is 0 Å². The van der Waals surface area contributed by atoms with E-state index in [1.807, 2.05) is 0 Å². The summed E-state index contributed by atoms with van der Waals surface area (Å²) in [5, 5.41) is 20.7. The van der Waals surface area contributed by atoms with Gasteiger partial charge in [-0.05, 0) is 19.8 Å². The minimum atomic E-state index is 0. The van der Waals surface area contributed by atoms with Crippen LogP contribution in [0.15, 0.2) is 11.3 Å². The van der Waals surface area contributed by atoms with Gasteiger partial charge in [0, 0.05) is 24.2 Å². The van der Waals surface area contributed by atoms with Crippen LogP contribution in [0.4, 0.5) is 0 Å². The summed E-state index contributed by atoms with van der Waals surface area (Å²) in [6.45, 7) is 3.63. The van der Waals surface area contributed by atoms with E-state index < -0.39 is 0 Å². The second-order valence-electron chi connectivity index (χ2n) is 3.74. The second-order valence-corrected chi connectivity index (χ2v) is 3.74. The van der Waals surface area contributed by atoms with E-state index in [2.05, 4.69) is 17.2 Å². The Labute approximate surface area is 103 Å². The third-order valence-electron chi connectivity index (χ3n) is 2.66. The average Bonchev–Trinajstić information content (AvgIpc) is 2.26. The van der Waals surface area contributed by atoms with Crippen molar-refractivity contribution in [3.63, 3.8) is 0 Å². The van der Waals surface area contributed by atoms with Crippen LogP contribution in [0.2, 0.25) is 0 Å². The zero-order valence-corrected chi connectivity index (χ0v) is 10.5. The van der Waals surface area contributed by atoms with Crippen molar-refractivity contribution in [3.8, 4) is 0 Å². The summed E-state index contributed by atoms with van der Waals surface area (Å²) in [6, 6.07) is 0. The van der Waals surface area contributed by atoms with Crippen molar-refractivity contribution in [2.45, 2.75) is 26.2 Å². The molecule has 0 radical (unpaired) electrons. The van der Waals surface area contributed by atoms with Crippen LogP contribution < -0.4 is 22.7 Å². The summed E-state index contributed by atoms with van der Waals surface area (Å²) in [7, 11) is 0. The lowest BCUT2D eigenvalue weighted by Gasteiger charge is -2.17. The number of aliphatic hydroxyl groups is 2. The molecular weight excluding hydrogens is 228 g/mol. The Morgan fingerprint density at radius 2 is 2.00 bits per heavy atom. The molecule has 0 spiro atoms. The van der Waals surface area contributed by atoms with Gasteiger partial charge in [-0.3, -0.25) is 0 Å². The maximum atomic E-state index is 8.75. The lowest BCUT2D eigenvalue weighted by molar-refractivity contribution is -0.461. The summed E-state index contributed by atoms with van der Waals surface area (Å²) in [4.78, 5) is 3.23. The molecule has 94 valence electrons. The number of aliphatic hydroxyl groups excluding tert-OH is 2. The molecule has 0 atom stereocenters. The van der Waals surface area contributed by atoms with Gasteiger partial charge < -0.3 is 27.9 Å². The fraction of sp³-hybridized carbons (Fsp3) is 0.727. The predicted octanol–water partition coefficient (Wildman–Crippen LogP) is -4.46. The minimum absolute atomic E-state index is 0. The number of hydrogen-bond acceptors (Lipinski definition) is 3. The molecule has 5 heteroatoms. The molecule has 0 fully saturated rings. The lowest BCUT2D eigenvalue weighted by Crippen LogP contribution is -3.00. The van der Waals surface area contributed by atoms with Crippen molar-refractivity contribution in [1.82, 2.24) is 5.32 Å². The summed E-state index contributed by atoms with van der Waals surface area (Å²) in [5.74, 6) is 0. The average molecular weight is 249 g/mol. The molecule has 0 saturated carbocycles. The van der Waals surface area contributed by atoms with E-state index in [-0.39, 0.29) is 25.6 Å². The molecule has 0 aliphatic heterocycles. The monoisotopic (exact) mass is 248 g/mol. The highest BCUT2D eigenvalue weighted by molar-refractivity contribution is 5.96. The van der Waals surface area contributed by atoms with E-state index in [4.69, 9.17) is 10.2 Å². The minimum Gasteiger partial charge on any atom is -1.00 e. The zero-order valence-electron chi connectivity index (χ0n) is 9.72. The third kappa shape index (κ3) is 4.51. The van der Waals surface area contributed by atoms with Crippen LogP contribution in [0.3, 0.4) is 0 Å². The topological polar surface area (TPSA) is 66.5 Å². The molecule has 0 aromatic rings. The molecule has 0 saturated heterocycles. The van der Waals surface area contributed by atoms with Crippen molar-refractivity contribution >= 4 is 5.71 Å². The number of rotatable bonds is 5. The van der Waals surface area contributed by atoms with Crippen molar-refractivity contribution in [3.05, 3.63) is 11.3 Å². The zero-order chi connectivity index (χ0) is 11.1. The molecule has 0 aromatic carbocycles. The van der Waals surface area contributed by atoms with Crippen LogP contribution in [-0.2, 0) is 0 Å². The Bertz CT molecular complexity index is 265. The molecule has 1 rings (SSSR count). The predicted molar refractivity (Wildman–Crippen MR) is 59.6 cm³/mol. The van der Waals surface area contributed by atoms with Crippen LogP contribution >= 0.6 is 0 Å². The molecule has 0 amide bonds. The van der Waals surface area contributed by atoms with Crippen LogP contribution in [-0.4, -0.2) is 42.2 Å². The number of allylic oxidation sites excluding steroid dienone is 2. The van der Waals surface area contributed by atoms with Gasteiger partial charge in [-0.1, -0.05) is 0 Å². The van der Waals surface area contributed by atoms with E-state index in [0.717, 1.165) is 19.3 Å². The van der Waals surface area contributed by atoms with Gasteiger partial charge in [0.05, 0.1) is 6.61 Å². The van der Waals surface area contributed by atoms with Crippen molar-refractivity contribution < 1.29 is 27.6 Å². The Morgan fingerprint density at radius 1 is 1.25 bits per heavy atom. The lowest BCUT2D eigenvalue weighted by atomic mass is 9.95. The third-order valence-corrected chi connectivity index (χ3v) is 2.66. The molecular formula is C11H21ClN2O2. The summed E-state index contributed by atoms with van der Waals surface area (Å²) in [6.07, 6.45) is 3.23. The van der Waals surface area contributed by atoms with Crippen molar-refractivity contribution in [1.29, 1.82) is 0 Å². The first kappa shape index (κ1) is 15.4. The molecule has 0 heterocycles. The van der Waals surface area contributed by atoms with Gasteiger partial charge in [0.15, 0.2) is 12.3 Å². The van der Waals surface area contributed by atoms with E-state index in [9.17, 15) is 0 Å². The smallest absolute Gasteiger partial charge is 0.179 e. The number of hydrogen-bond donors (Lipinski definition) is 4. The molecule has 4 N–H and O–H groups in total. The van der Waals surface area contributed by atoms with Gasteiger partial charge in [0.2, 0.25) is 0 Å². The SMILES string of the molecule is CC1=C(NCCO)CCCC1=[NH+]CCO.[Cl-]. The Hall–Kier alpha value is -0.580. The maximum Gasteiger partial charge on any atom is 0.179 e. The Morgan fingerprint density at radius 3 is 2.62 bits per heavy atom. The Balaban J connectivity index is 0.00000225. The van der Waals surface area contributed by atoms with Crippen molar-refractivity contribution in [2.24, 2.45) is 0 Å². The summed E-state index contributed by atoms with van der Waals surface area (Å²) in [5.41, 5.74) is 3.68. The fourth-order valence-corrected chi connectivity index (χ4v) is 1.85. The maximum absolute atomic E-state index is 8.75. The largest absolute Gasteiger partial charge is 1.00 e. The van der Waals surface area contributed by atoms with E-state index >= 15 is 0 Å². The van der Waals surface area contributed by atoms with Gasteiger partial charge in [-0.15, -0.1) is 0 Å². The summed E-state index contributed by atoms with van der Waals surface area (Å²) < 4.78 is 0. The van der Waals surface area contributed by atoms with Gasteiger partial charge >= 0.3 is 0 Å². The van der Waals surface area contributed by atoms with Gasteiger partial charge in [-0.2, -0.15) is 0 Å². The molecule has 16 heavy (non-hydrogen) atoms. The highest BCUT2D eigenvalue weighted by Gasteiger charge is 2.18. The van der Waals surface area contributed by atoms with Crippen LogP contribution in [0, 0.1) is 0 Å². The quantitative estimate of drug-likeness (QED) is 0.397. The Kier molecular flexibility index (Phi) is 8.25. The van der Waals surface area contributed by atoms with Crippen LogP contribution in [0.5, 0.6) is 0 Å². The van der Waals surface area contributed by atoms with Crippen LogP contribution in [0.1, 0.15) is 26.2 Å². The highest BCUT2D eigenvalue weighted by Crippen LogP contribution is 2.18. The van der Waals surface area contributed by atoms with E-state index in [0.29, 0.717) is 13.1 Å². The second kappa shape index (κ2) is 8.56. The first-order valence-electron chi connectivity index (χ1n) is 5.55. The number of halogens is 1. The molecule has 0 unspecified atom stereocenters. The standard InChI is InChI=1S/C11H20N2O2.ClH/c1-9-10(12-5-7-14)3-2-4-11(9)13-6-8-15;/h12,14-15H,2-8H2,1H3;1H. The first-order valence-corrected chi connectivity index (χ1v) is 5.55. The number of nitrogens with one attached hydrogen (secondary N) is 2. The molecule has 4 nitrogen and oxygen atoms in total. The highest BCUT2D eigenvalue weighted by atomic mass is 35.5. The summed E-state index contributed by atoms with van der Waals surface area (Å²) >= 11 is 0. The van der Waals surface area contributed by atoms with Gasteiger partial charge in [-0.25, -0.2) is 4.99 Å². The first-order chi connectivity index (χ1) is 7.29.